The molecule has 2 atom stereocenters. The third kappa shape index (κ3) is 24.4. The number of carboxylic acids is 1. The number of nitrogens with zero attached hydrogens (tertiary/aromatic N) is 1. The van der Waals surface area contributed by atoms with Gasteiger partial charge in [-0.15, -0.1) is 0 Å². The molecule has 0 radical (unpaired) electrons. The number of allylic oxidation sites excluding steroid dienone is 4. The predicted molar refractivity (Wildman–Crippen MR) is 169 cm³/mol. The maximum Gasteiger partial charge on any atom is 0.362 e. The summed E-state index contributed by atoms with van der Waals surface area (Å²) in [6.07, 6.45) is 23.8. The molecular weight excluding hydrogens is 534 g/mol. The minimum Gasteiger partial charge on any atom is -0.477 e. The van der Waals surface area contributed by atoms with Crippen LogP contribution in [0.1, 0.15) is 123 Å². The number of hydrogen-bond acceptors (Lipinski definition) is 6. The molecule has 0 aliphatic carbocycles. The standard InChI is InChI=1S/C34H61NO7/c1-6-8-10-12-14-15-16-17-19-21-23-25-33(37)42-30(28-40-27-26-31(34(38)39)35(3,4)5)29-41-32(36)24-22-20-18-13-11-9-7-2/h12,14-16,30-31H,6-11,13,17-29H2,1-5H3/p+1/b14-12+,16-15+. The van der Waals surface area contributed by atoms with Gasteiger partial charge in [-0.1, -0.05) is 95.9 Å². The molecule has 8 heteroatoms. The van der Waals surface area contributed by atoms with Crippen LogP contribution < -0.4 is 0 Å². The molecular formula is C34H62NO7+. The van der Waals surface area contributed by atoms with Gasteiger partial charge >= 0.3 is 17.9 Å². The Kier molecular flexibility index (Phi) is 25.1. The van der Waals surface area contributed by atoms with Crippen LogP contribution in [-0.2, 0) is 28.6 Å². The number of ether oxygens (including phenoxy) is 3. The average Bonchev–Trinajstić information content (AvgIpc) is 2.92. The topological polar surface area (TPSA) is 99.1 Å². The fraction of sp³-hybridized carbons (Fsp3) is 0.794. The zero-order valence-electron chi connectivity index (χ0n) is 27.5. The molecule has 244 valence electrons. The number of quaternary nitrogens is 1. The second-order valence-corrected chi connectivity index (χ2v) is 12.1. The zero-order valence-corrected chi connectivity index (χ0v) is 27.5. The van der Waals surface area contributed by atoms with E-state index < -0.39 is 18.1 Å². The fourth-order valence-corrected chi connectivity index (χ4v) is 4.48. The lowest BCUT2D eigenvalue weighted by Crippen LogP contribution is -2.50. The van der Waals surface area contributed by atoms with E-state index in [2.05, 4.69) is 38.2 Å². The quantitative estimate of drug-likeness (QED) is 0.0435. The Bertz CT molecular complexity index is 757. The number of carbonyl (C=O) groups excluding carboxylic acids is 2. The summed E-state index contributed by atoms with van der Waals surface area (Å²) in [6.45, 7) is 4.57. The van der Waals surface area contributed by atoms with Gasteiger partial charge in [-0.05, 0) is 32.1 Å². The fourth-order valence-electron chi connectivity index (χ4n) is 4.48. The van der Waals surface area contributed by atoms with Crippen LogP contribution in [-0.4, -0.2) is 80.6 Å². The Hall–Kier alpha value is -2.19. The van der Waals surface area contributed by atoms with Gasteiger partial charge < -0.3 is 23.8 Å². The number of esters is 2. The molecule has 0 fully saturated rings. The van der Waals surface area contributed by atoms with E-state index in [1.807, 2.05) is 21.1 Å². The summed E-state index contributed by atoms with van der Waals surface area (Å²) >= 11 is 0. The van der Waals surface area contributed by atoms with Gasteiger partial charge in [0.2, 0.25) is 0 Å². The third-order valence-electron chi connectivity index (χ3n) is 7.13. The zero-order chi connectivity index (χ0) is 31.5. The second kappa shape index (κ2) is 26.4. The van der Waals surface area contributed by atoms with Gasteiger partial charge in [0.05, 0.1) is 34.4 Å². The minimum atomic E-state index is -0.882. The number of unbranched alkanes of at least 4 members (excludes halogenated alkanes) is 11. The SMILES string of the molecule is CCCC/C=C/C=C/CCCCCC(=O)OC(COCCC(C(=O)O)[N+](C)(C)C)COC(=O)CCCCCCCCC. The van der Waals surface area contributed by atoms with Gasteiger partial charge in [-0.2, -0.15) is 0 Å². The number of aliphatic carboxylic acids is 1. The normalized spacial score (nSPS) is 13.5. The van der Waals surface area contributed by atoms with Gasteiger partial charge in [0, 0.05) is 19.3 Å². The van der Waals surface area contributed by atoms with Crippen molar-refractivity contribution in [3.05, 3.63) is 24.3 Å². The lowest BCUT2D eigenvalue weighted by Gasteiger charge is -2.31. The highest BCUT2D eigenvalue weighted by Crippen LogP contribution is 2.12. The first-order valence-corrected chi connectivity index (χ1v) is 16.4. The lowest BCUT2D eigenvalue weighted by atomic mass is 10.1. The van der Waals surface area contributed by atoms with E-state index in [1.54, 1.807) is 0 Å². The Balaban J connectivity index is 4.55. The molecule has 8 nitrogen and oxygen atoms in total. The molecule has 0 spiro atoms. The number of hydrogen-bond donors (Lipinski definition) is 1. The van der Waals surface area contributed by atoms with E-state index in [1.165, 1.54) is 38.5 Å². The molecule has 2 unspecified atom stereocenters. The van der Waals surface area contributed by atoms with E-state index in [4.69, 9.17) is 14.2 Å². The molecule has 42 heavy (non-hydrogen) atoms. The van der Waals surface area contributed by atoms with Crippen molar-refractivity contribution in [1.82, 2.24) is 0 Å². The summed E-state index contributed by atoms with van der Waals surface area (Å²) in [6, 6.07) is -0.613. The highest BCUT2D eigenvalue weighted by atomic mass is 16.6. The Morgan fingerprint density at radius 1 is 0.714 bits per heavy atom. The monoisotopic (exact) mass is 596 g/mol. The van der Waals surface area contributed by atoms with Gasteiger partial charge in [-0.25, -0.2) is 4.79 Å². The highest BCUT2D eigenvalue weighted by Gasteiger charge is 2.31. The number of carbonyl (C=O) groups is 3. The van der Waals surface area contributed by atoms with Gasteiger partial charge in [0.25, 0.3) is 0 Å². The molecule has 0 saturated heterocycles. The molecule has 1 N–H and O–H groups in total. The van der Waals surface area contributed by atoms with Crippen LogP contribution in [0, 0.1) is 0 Å². The van der Waals surface area contributed by atoms with E-state index in [0.29, 0.717) is 19.3 Å². The molecule has 0 aliphatic heterocycles. The lowest BCUT2D eigenvalue weighted by molar-refractivity contribution is -0.887. The van der Waals surface area contributed by atoms with Crippen LogP contribution in [0.3, 0.4) is 0 Å². The van der Waals surface area contributed by atoms with Gasteiger partial charge in [0.1, 0.15) is 6.61 Å². The Morgan fingerprint density at radius 3 is 1.86 bits per heavy atom. The predicted octanol–water partition coefficient (Wildman–Crippen LogP) is 7.40. The Labute approximate surface area is 256 Å². The van der Waals surface area contributed by atoms with Crippen molar-refractivity contribution in [2.45, 2.75) is 135 Å². The van der Waals surface area contributed by atoms with Crippen LogP contribution in [0.15, 0.2) is 24.3 Å². The molecule has 0 aromatic rings. The molecule has 0 saturated carbocycles. The number of rotatable bonds is 28. The number of carboxylic acid groups (broad SMARTS) is 1. The van der Waals surface area contributed by atoms with Crippen molar-refractivity contribution in [1.29, 1.82) is 0 Å². The van der Waals surface area contributed by atoms with E-state index in [9.17, 15) is 19.5 Å². The van der Waals surface area contributed by atoms with Crippen molar-refractivity contribution in [3.63, 3.8) is 0 Å². The second-order valence-electron chi connectivity index (χ2n) is 12.1. The van der Waals surface area contributed by atoms with Gasteiger partial charge in [-0.3, -0.25) is 9.59 Å². The summed E-state index contributed by atoms with van der Waals surface area (Å²) < 4.78 is 17.0. The van der Waals surface area contributed by atoms with E-state index in [-0.39, 0.29) is 36.2 Å². The summed E-state index contributed by atoms with van der Waals surface area (Å²) in [4.78, 5) is 36.4. The van der Waals surface area contributed by atoms with E-state index in [0.717, 1.165) is 51.4 Å². The molecule has 0 heterocycles. The first-order chi connectivity index (χ1) is 20.1. The summed E-state index contributed by atoms with van der Waals surface area (Å²) in [7, 11) is 5.49. The largest absolute Gasteiger partial charge is 0.477 e. The van der Waals surface area contributed by atoms with Crippen LogP contribution in [0.25, 0.3) is 0 Å². The van der Waals surface area contributed by atoms with Crippen LogP contribution in [0.4, 0.5) is 0 Å². The van der Waals surface area contributed by atoms with Crippen molar-refractivity contribution < 1.29 is 38.2 Å². The highest BCUT2D eigenvalue weighted by molar-refractivity contribution is 5.72. The van der Waals surface area contributed by atoms with Crippen molar-refractivity contribution in [2.75, 3.05) is 41.0 Å². The summed E-state index contributed by atoms with van der Waals surface area (Å²) in [5.41, 5.74) is 0. The maximum absolute atomic E-state index is 12.5. The molecule has 0 aromatic heterocycles. The van der Waals surface area contributed by atoms with Gasteiger partial charge in [0.15, 0.2) is 12.1 Å². The van der Waals surface area contributed by atoms with Crippen molar-refractivity contribution in [2.24, 2.45) is 0 Å². The smallest absolute Gasteiger partial charge is 0.362 e. The molecule has 0 aliphatic rings. The van der Waals surface area contributed by atoms with E-state index >= 15 is 0 Å². The maximum atomic E-state index is 12.5. The molecule has 0 aromatic carbocycles. The van der Waals surface area contributed by atoms with Crippen LogP contribution in [0.5, 0.6) is 0 Å². The Morgan fingerprint density at radius 2 is 1.26 bits per heavy atom. The first kappa shape index (κ1) is 39.8. The van der Waals surface area contributed by atoms with Crippen molar-refractivity contribution in [3.8, 4) is 0 Å². The third-order valence-corrected chi connectivity index (χ3v) is 7.13. The van der Waals surface area contributed by atoms with Crippen LogP contribution >= 0.6 is 0 Å². The molecule has 0 amide bonds. The molecule has 0 bridgehead atoms. The van der Waals surface area contributed by atoms with Crippen molar-refractivity contribution >= 4 is 17.9 Å². The number of likely N-dealkylation sites (N-methyl/N-ethyl adjacent to an activating group) is 1. The molecule has 0 rings (SSSR count). The average molecular weight is 597 g/mol. The summed E-state index contributed by atoms with van der Waals surface area (Å²) in [5, 5.41) is 9.52. The summed E-state index contributed by atoms with van der Waals surface area (Å²) in [5.74, 6) is -1.52. The first-order valence-electron chi connectivity index (χ1n) is 16.4. The van der Waals surface area contributed by atoms with Crippen LogP contribution in [0.2, 0.25) is 0 Å². The minimum absolute atomic E-state index is 0.0521.